The number of anilines is 1. The minimum Gasteiger partial charge on any atom is -0.463 e. The van der Waals surface area contributed by atoms with E-state index in [-0.39, 0.29) is 29.2 Å². The molecule has 1 saturated heterocycles. The van der Waals surface area contributed by atoms with E-state index in [1.54, 1.807) is 0 Å². The number of nitro benzene ring substituents is 1. The SMILES string of the molecule is O=C(O[C@@H]1CCOC1=O)c1ccccc1NS(=O)(=O)c1cccc([N+](=O)[O-])c1. The summed E-state index contributed by atoms with van der Waals surface area (Å²) >= 11 is 0. The van der Waals surface area contributed by atoms with Gasteiger partial charge in [0.1, 0.15) is 0 Å². The number of carbonyl (C=O) groups is 2. The molecule has 0 unspecified atom stereocenters. The number of rotatable bonds is 6. The van der Waals surface area contributed by atoms with E-state index in [1.807, 2.05) is 0 Å². The molecule has 2 aromatic carbocycles. The van der Waals surface area contributed by atoms with Gasteiger partial charge >= 0.3 is 11.9 Å². The van der Waals surface area contributed by atoms with Crippen molar-refractivity contribution < 1.29 is 32.4 Å². The standard InChI is InChI=1S/C17H14N2O8S/c20-16(27-15-8-9-26-17(15)21)13-6-1-2-7-14(13)18-28(24,25)12-5-3-4-11(10-12)19(22)23/h1-7,10,15,18H,8-9H2/t15-/m1/s1. The Hall–Kier alpha value is -3.47. The van der Waals surface area contributed by atoms with Gasteiger partial charge in [-0.2, -0.15) is 0 Å². The number of nitrogens with zero attached hydrogens (tertiary/aromatic N) is 1. The Morgan fingerprint density at radius 3 is 2.64 bits per heavy atom. The second kappa shape index (κ2) is 7.64. The van der Waals surface area contributed by atoms with Gasteiger partial charge in [-0.3, -0.25) is 14.8 Å². The zero-order chi connectivity index (χ0) is 20.3. The molecule has 1 atom stereocenters. The van der Waals surface area contributed by atoms with Gasteiger partial charge in [-0.15, -0.1) is 0 Å². The maximum absolute atomic E-state index is 12.6. The Kier molecular flexibility index (Phi) is 5.27. The molecule has 28 heavy (non-hydrogen) atoms. The van der Waals surface area contributed by atoms with Crippen molar-refractivity contribution in [3.8, 4) is 0 Å². The number of nitro groups is 1. The van der Waals surface area contributed by atoms with E-state index in [0.717, 1.165) is 12.1 Å². The van der Waals surface area contributed by atoms with E-state index < -0.39 is 38.7 Å². The van der Waals surface area contributed by atoms with Crippen LogP contribution in [0.2, 0.25) is 0 Å². The summed E-state index contributed by atoms with van der Waals surface area (Å²) in [5.41, 5.74) is -0.600. The highest BCUT2D eigenvalue weighted by molar-refractivity contribution is 7.92. The zero-order valence-corrected chi connectivity index (χ0v) is 15.0. The Morgan fingerprint density at radius 2 is 1.96 bits per heavy atom. The third-order valence-electron chi connectivity index (χ3n) is 3.87. The van der Waals surface area contributed by atoms with Crippen LogP contribution >= 0.6 is 0 Å². The van der Waals surface area contributed by atoms with Crippen LogP contribution in [0.15, 0.2) is 53.4 Å². The van der Waals surface area contributed by atoms with Crippen LogP contribution in [-0.2, 0) is 24.3 Å². The minimum absolute atomic E-state index is 0.0922. The number of hydrogen-bond donors (Lipinski definition) is 1. The molecule has 1 aliphatic rings. The smallest absolute Gasteiger partial charge is 0.347 e. The maximum atomic E-state index is 12.6. The number of cyclic esters (lactones) is 1. The van der Waals surface area contributed by atoms with Crippen LogP contribution in [0.4, 0.5) is 11.4 Å². The molecule has 1 N–H and O–H groups in total. The molecule has 11 heteroatoms. The van der Waals surface area contributed by atoms with Gasteiger partial charge in [0.2, 0.25) is 6.10 Å². The Morgan fingerprint density at radius 1 is 1.21 bits per heavy atom. The fourth-order valence-electron chi connectivity index (χ4n) is 2.50. The van der Waals surface area contributed by atoms with Gasteiger partial charge in [0.05, 0.1) is 27.7 Å². The molecule has 0 bridgehead atoms. The molecule has 10 nitrogen and oxygen atoms in total. The summed E-state index contributed by atoms with van der Waals surface area (Å²) in [6.45, 7) is 0.137. The van der Waals surface area contributed by atoms with E-state index in [2.05, 4.69) is 4.72 Å². The van der Waals surface area contributed by atoms with Crippen LogP contribution in [0, 0.1) is 10.1 Å². The van der Waals surface area contributed by atoms with E-state index >= 15 is 0 Å². The van der Waals surface area contributed by atoms with Gasteiger partial charge in [0.25, 0.3) is 15.7 Å². The average molecular weight is 406 g/mol. The minimum atomic E-state index is -4.22. The van der Waals surface area contributed by atoms with Crippen molar-refractivity contribution in [2.45, 2.75) is 17.4 Å². The predicted octanol–water partition coefficient (Wildman–Crippen LogP) is 1.87. The number of ether oxygens (including phenoxy) is 2. The molecule has 1 heterocycles. The van der Waals surface area contributed by atoms with Crippen molar-refractivity contribution >= 4 is 33.3 Å². The summed E-state index contributed by atoms with van der Waals surface area (Å²) in [5, 5.41) is 10.9. The number of sulfonamides is 1. The van der Waals surface area contributed by atoms with Gasteiger partial charge in [-0.25, -0.2) is 18.0 Å². The van der Waals surface area contributed by atoms with Crippen molar-refractivity contribution in [1.82, 2.24) is 0 Å². The normalized spacial score (nSPS) is 16.3. The van der Waals surface area contributed by atoms with Gasteiger partial charge in [-0.05, 0) is 18.2 Å². The Bertz CT molecular complexity index is 1050. The van der Waals surface area contributed by atoms with E-state index in [0.29, 0.717) is 0 Å². The van der Waals surface area contributed by atoms with Crippen LogP contribution in [0.1, 0.15) is 16.8 Å². The van der Waals surface area contributed by atoms with Crippen LogP contribution in [-0.4, -0.2) is 38.0 Å². The van der Waals surface area contributed by atoms with Crippen molar-refractivity contribution in [2.24, 2.45) is 0 Å². The first kappa shape index (κ1) is 19.3. The average Bonchev–Trinajstić information content (AvgIpc) is 3.06. The lowest BCUT2D eigenvalue weighted by molar-refractivity contribution is -0.385. The molecule has 3 rings (SSSR count). The topological polar surface area (TPSA) is 142 Å². The molecule has 1 fully saturated rings. The number of esters is 2. The predicted molar refractivity (Wildman–Crippen MR) is 95.1 cm³/mol. The van der Waals surface area contributed by atoms with Crippen molar-refractivity contribution in [3.05, 3.63) is 64.2 Å². The highest BCUT2D eigenvalue weighted by atomic mass is 32.2. The number of hydrogen-bond acceptors (Lipinski definition) is 8. The first-order valence-corrected chi connectivity index (χ1v) is 9.50. The van der Waals surface area contributed by atoms with Crippen LogP contribution in [0.25, 0.3) is 0 Å². The highest BCUT2D eigenvalue weighted by Crippen LogP contribution is 2.24. The Labute approximate surface area is 159 Å². The monoisotopic (exact) mass is 406 g/mol. The number of nitrogens with one attached hydrogen (secondary N) is 1. The third-order valence-corrected chi connectivity index (χ3v) is 5.23. The lowest BCUT2D eigenvalue weighted by Gasteiger charge is -2.13. The van der Waals surface area contributed by atoms with Crippen LogP contribution in [0.5, 0.6) is 0 Å². The highest BCUT2D eigenvalue weighted by Gasteiger charge is 2.31. The lowest BCUT2D eigenvalue weighted by Crippen LogP contribution is -2.24. The molecule has 0 aromatic heterocycles. The second-order valence-corrected chi connectivity index (χ2v) is 7.44. The summed E-state index contributed by atoms with van der Waals surface area (Å²) in [7, 11) is -4.22. The van der Waals surface area contributed by atoms with Gasteiger partial charge in [-0.1, -0.05) is 18.2 Å². The first-order chi connectivity index (χ1) is 13.3. The van der Waals surface area contributed by atoms with Gasteiger partial charge in [0.15, 0.2) is 0 Å². The number of benzene rings is 2. The van der Waals surface area contributed by atoms with E-state index in [9.17, 15) is 28.1 Å². The van der Waals surface area contributed by atoms with Crippen molar-refractivity contribution in [3.63, 3.8) is 0 Å². The summed E-state index contributed by atoms with van der Waals surface area (Å²) in [4.78, 5) is 33.6. The summed E-state index contributed by atoms with van der Waals surface area (Å²) in [6.07, 6.45) is -0.833. The Balaban J connectivity index is 1.86. The van der Waals surface area contributed by atoms with E-state index in [1.165, 1.54) is 36.4 Å². The van der Waals surface area contributed by atoms with Gasteiger partial charge in [0, 0.05) is 18.6 Å². The molecule has 0 saturated carbocycles. The van der Waals surface area contributed by atoms with Crippen LogP contribution < -0.4 is 4.72 Å². The molecule has 0 amide bonds. The number of para-hydroxylation sites is 1. The van der Waals surface area contributed by atoms with Crippen molar-refractivity contribution in [1.29, 1.82) is 0 Å². The molecule has 2 aromatic rings. The second-order valence-electron chi connectivity index (χ2n) is 5.76. The molecule has 1 aliphatic heterocycles. The molecule has 0 radical (unpaired) electrons. The van der Waals surface area contributed by atoms with Crippen molar-refractivity contribution in [2.75, 3.05) is 11.3 Å². The third kappa shape index (κ3) is 4.09. The largest absolute Gasteiger partial charge is 0.463 e. The molecule has 146 valence electrons. The summed E-state index contributed by atoms with van der Waals surface area (Å²) in [6, 6.07) is 10.1. The molecular weight excluding hydrogens is 392 g/mol. The fourth-order valence-corrected chi connectivity index (χ4v) is 3.61. The van der Waals surface area contributed by atoms with Gasteiger partial charge < -0.3 is 9.47 Å². The molecule has 0 spiro atoms. The summed E-state index contributed by atoms with van der Waals surface area (Å²) in [5.74, 6) is -1.57. The quantitative estimate of drug-likeness (QED) is 0.435. The number of carbonyl (C=O) groups excluding carboxylic acids is 2. The first-order valence-electron chi connectivity index (χ1n) is 8.02. The number of non-ortho nitro benzene ring substituents is 1. The molecule has 0 aliphatic carbocycles. The van der Waals surface area contributed by atoms with E-state index in [4.69, 9.17) is 9.47 Å². The molecular formula is C17H14N2O8S. The maximum Gasteiger partial charge on any atom is 0.347 e. The lowest BCUT2D eigenvalue weighted by atomic mass is 10.2. The summed E-state index contributed by atoms with van der Waals surface area (Å²) < 4.78 is 37.2. The fraction of sp³-hybridized carbons (Fsp3) is 0.176. The van der Waals surface area contributed by atoms with Crippen LogP contribution in [0.3, 0.4) is 0 Å². The zero-order valence-electron chi connectivity index (χ0n) is 14.2.